The molecule has 0 bridgehead atoms. The summed E-state index contributed by atoms with van der Waals surface area (Å²) in [5.41, 5.74) is 0.716. The molecule has 0 spiro atoms. The van der Waals surface area contributed by atoms with Crippen molar-refractivity contribution in [1.29, 1.82) is 0 Å². The Kier molecular flexibility index (Phi) is 7.22. The Morgan fingerprint density at radius 3 is 2.63 bits per heavy atom. The average Bonchev–Trinajstić information content (AvgIpc) is 3.31. The molecule has 2 aromatic rings. The van der Waals surface area contributed by atoms with Gasteiger partial charge in [0.1, 0.15) is 4.88 Å². The molecule has 7 heteroatoms. The summed E-state index contributed by atoms with van der Waals surface area (Å²) in [7, 11) is 1.31. The van der Waals surface area contributed by atoms with Gasteiger partial charge in [0.25, 0.3) is 0 Å². The number of aryl methyl sites for hydroxylation is 1. The van der Waals surface area contributed by atoms with Gasteiger partial charge in [0, 0.05) is 10.4 Å². The van der Waals surface area contributed by atoms with Crippen LogP contribution in [0.3, 0.4) is 0 Å². The minimum Gasteiger partial charge on any atom is -0.465 e. The summed E-state index contributed by atoms with van der Waals surface area (Å²) in [5.74, 6) is 2.39. The lowest BCUT2D eigenvalue weighted by Gasteiger charge is -2.24. The maximum Gasteiger partial charge on any atom is 0.392 e. The number of carbonyl (C=O) groups is 1. The number of aliphatic hydroxyl groups excluding tert-OH is 1. The highest BCUT2D eigenvalue weighted by Crippen LogP contribution is 2.48. The molecule has 1 aliphatic carbocycles. The molecular formula is C23H23F3O3S. The highest BCUT2D eigenvalue weighted by Gasteiger charge is 2.53. The minimum atomic E-state index is -4.37. The van der Waals surface area contributed by atoms with Gasteiger partial charge in [-0.1, -0.05) is 30.0 Å². The molecule has 1 aliphatic rings. The maximum absolute atomic E-state index is 13.6. The molecule has 0 radical (unpaired) electrons. The zero-order valence-corrected chi connectivity index (χ0v) is 17.3. The van der Waals surface area contributed by atoms with Crippen LogP contribution in [0.1, 0.15) is 39.4 Å². The molecule has 1 N–H and O–H groups in total. The molecule has 1 fully saturated rings. The predicted octanol–water partition coefficient (Wildman–Crippen LogP) is 5.08. The quantitative estimate of drug-likeness (QED) is 0.525. The number of thiophene rings is 1. The van der Waals surface area contributed by atoms with Gasteiger partial charge in [-0.05, 0) is 55.9 Å². The monoisotopic (exact) mass is 436 g/mol. The molecule has 1 aromatic heterocycles. The van der Waals surface area contributed by atoms with Gasteiger partial charge in [-0.2, -0.15) is 13.2 Å². The Morgan fingerprint density at radius 2 is 1.97 bits per heavy atom. The summed E-state index contributed by atoms with van der Waals surface area (Å²) < 4.78 is 45.5. The van der Waals surface area contributed by atoms with Gasteiger partial charge in [0.05, 0.1) is 25.0 Å². The van der Waals surface area contributed by atoms with Gasteiger partial charge in [0.15, 0.2) is 0 Å². The number of hydrogen-bond acceptors (Lipinski definition) is 4. The van der Waals surface area contributed by atoms with Crippen LogP contribution in [0.25, 0.3) is 0 Å². The third kappa shape index (κ3) is 5.44. The maximum atomic E-state index is 13.6. The summed E-state index contributed by atoms with van der Waals surface area (Å²) in [5, 5.41) is 10.3. The van der Waals surface area contributed by atoms with Crippen LogP contribution in [0.2, 0.25) is 0 Å². The van der Waals surface area contributed by atoms with Crippen molar-refractivity contribution in [2.75, 3.05) is 7.11 Å². The number of esters is 1. The van der Waals surface area contributed by atoms with E-state index in [1.54, 1.807) is 24.3 Å². The highest BCUT2D eigenvalue weighted by atomic mass is 32.1. The molecule has 2 unspecified atom stereocenters. The number of hydrogen-bond donors (Lipinski definition) is 1. The highest BCUT2D eigenvalue weighted by molar-refractivity contribution is 7.13. The van der Waals surface area contributed by atoms with Crippen LogP contribution in [-0.4, -0.2) is 30.5 Å². The van der Waals surface area contributed by atoms with Crippen molar-refractivity contribution >= 4 is 17.3 Å². The number of alkyl halides is 3. The Morgan fingerprint density at radius 1 is 1.23 bits per heavy atom. The SMILES string of the molecule is COC(=O)c1ccc(CCC[C@@H]2C(C#Cc3ccccc3)[C@H](O)CC2C(F)(F)F)s1. The van der Waals surface area contributed by atoms with E-state index in [9.17, 15) is 23.1 Å². The van der Waals surface area contributed by atoms with Gasteiger partial charge in [-0.3, -0.25) is 0 Å². The van der Waals surface area contributed by atoms with E-state index in [2.05, 4.69) is 16.6 Å². The van der Waals surface area contributed by atoms with Crippen molar-refractivity contribution in [1.82, 2.24) is 0 Å². The van der Waals surface area contributed by atoms with Gasteiger partial charge in [0.2, 0.25) is 0 Å². The third-order valence-electron chi connectivity index (χ3n) is 5.47. The van der Waals surface area contributed by atoms with E-state index in [1.165, 1.54) is 18.4 Å². The van der Waals surface area contributed by atoms with Crippen LogP contribution >= 0.6 is 11.3 Å². The Bertz CT molecular complexity index is 911. The fourth-order valence-electron chi connectivity index (χ4n) is 4.00. The van der Waals surface area contributed by atoms with Crippen molar-refractivity contribution in [3.05, 3.63) is 57.8 Å². The predicted molar refractivity (Wildman–Crippen MR) is 109 cm³/mol. The first-order valence-corrected chi connectivity index (χ1v) is 10.6. The summed E-state index contributed by atoms with van der Waals surface area (Å²) >= 11 is 1.29. The summed E-state index contributed by atoms with van der Waals surface area (Å²) in [4.78, 5) is 12.9. The van der Waals surface area contributed by atoms with E-state index >= 15 is 0 Å². The molecule has 1 heterocycles. The molecule has 0 aliphatic heterocycles. The molecule has 3 nitrogen and oxygen atoms in total. The van der Waals surface area contributed by atoms with E-state index in [0.717, 1.165) is 4.88 Å². The first kappa shape index (κ1) is 22.4. The van der Waals surface area contributed by atoms with Crippen LogP contribution in [-0.2, 0) is 11.2 Å². The Balaban J connectivity index is 1.71. The molecule has 30 heavy (non-hydrogen) atoms. The van der Waals surface area contributed by atoms with E-state index in [-0.39, 0.29) is 6.42 Å². The van der Waals surface area contributed by atoms with E-state index < -0.39 is 36.0 Å². The van der Waals surface area contributed by atoms with Gasteiger partial charge in [-0.15, -0.1) is 11.3 Å². The van der Waals surface area contributed by atoms with Crippen molar-refractivity contribution in [2.24, 2.45) is 17.8 Å². The largest absolute Gasteiger partial charge is 0.465 e. The number of benzene rings is 1. The smallest absolute Gasteiger partial charge is 0.392 e. The summed E-state index contributed by atoms with van der Waals surface area (Å²) in [6, 6.07) is 12.5. The van der Waals surface area contributed by atoms with Gasteiger partial charge in [-0.25, -0.2) is 4.79 Å². The molecule has 1 aromatic carbocycles. The van der Waals surface area contributed by atoms with E-state index in [0.29, 0.717) is 29.7 Å². The zero-order chi connectivity index (χ0) is 21.7. The Hall–Kier alpha value is -2.30. The third-order valence-corrected chi connectivity index (χ3v) is 6.60. The first-order chi connectivity index (χ1) is 14.3. The lowest BCUT2D eigenvalue weighted by molar-refractivity contribution is -0.185. The number of carbonyl (C=O) groups excluding carboxylic acids is 1. The standard InChI is InChI=1S/C23H23F3O3S/c1-29-22(28)21-13-11-16(30-21)8-5-9-17-18(12-10-15-6-3-2-4-7-15)20(27)14-19(17)23(24,25)26/h2-4,6-7,11,13,17-20,27H,5,8-9,14H2,1H3/t17-,18?,19?,20-/m1/s1. The number of ether oxygens (including phenoxy) is 1. The molecule has 3 rings (SSSR count). The van der Waals surface area contributed by atoms with E-state index in [4.69, 9.17) is 0 Å². The molecule has 4 atom stereocenters. The molecular weight excluding hydrogens is 413 g/mol. The molecule has 1 saturated carbocycles. The first-order valence-electron chi connectivity index (χ1n) is 9.78. The molecule has 160 valence electrons. The fraction of sp³-hybridized carbons (Fsp3) is 0.435. The summed E-state index contributed by atoms with van der Waals surface area (Å²) in [6.45, 7) is 0. The fourth-order valence-corrected chi connectivity index (χ4v) is 4.97. The van der Waals surface area contributed by atoms with Gasteiger partial charge < -0.3 is 9.84 Å². The second kappa shape index (κ2) is 9.67. The number of rotatable bonds is 5. The van der Waals surface area contributed by atoms with Crippen LogP contribution in [0.5, 0.6) is 0 Å². The molecule has 0 amide bonds. The van der Waals surface area contributed by atoms with Crippen molar-refractivity contribution in [2.45, 2.75) is 38.0 Å². The molecule has 0 saturated heterocycles. The van der Waals surface area contributed by atoms with Crippen molar-refractivity contribution in [3.63, 3.8) is 0 Å². The average molecular weight is 436 g/mol. The van der Waals surface area contributed by atoms with Crippen LogP contribution < -0.4 is 0 Å². The minimum absolute atomic E-state index is 0.306. The lowest BCUT2D eigenvalue weighted by atomic mass is 9.84. The van der Waals surface area contributed by atoms with Crippen LogP contribution in [0.15, 0.2) is 42.5 Å². The number of aliphatic hydroxyl groups is 1. The second-order valence-electron chi connectivity index (χ2n) is 7.43. The zero-order valence-electron chi connectivity index (χ0n) is 16.5. The second-order valence-corrected chi connectivity index (χ2v) is 8.59. The van der Waals surface area contributed by atoms with Gasteiger partial charge >= 0.3 is 12.1 Å². The van der Waals surface area contributed by atoms with Crippen molar-refractivity contribution in [3.8, 4) is 11.8 Å². The van der Waals surface area contributed by atoms with E-state index in [1.807, 2.05) is 18.2 Å². The number of halogens is 3. The summed E-state index contributed by atoms with van der Waals surface area (Å²) in [6.07, 6.45) is -4.37. The normalized spacial score (nSPS) is 23.6. The lowest BCUT2D eigenvalue weighted by Crippen LogP contribution is -2.28. The van der Waals surface area contributed by atoms with Crippen molar-refractivity contribution < 1.29 is 27.8 Å². The Labute approximate surface area is 177 Å². The van der Waals surface area contributed by atoms with Crippen LogP contribution in [0.4, 0.5) is 13.2 Å². The topological polar surface area (TPSA) is 46.5 Å². The van der Waals surface area contributed by atoms with Crippen LogP contribution in [0, 0.1) is 29.6 Å². The number of methoxy groups -OCH3 is 1.